The van der Waals surface area contributed by atoms with E-state index >= 15 is 0 Å². The number of carbonyl (C=O) groups excluding carboxylic acids is 2. The van der Waals surface area contributed by atoms with Crippen LogP contribution in [-0.4, -0.2) is 85.5 Å². The molecule has 2 aliphatic heterocycles. The molecule has 0 N–H and O–H groups in total. The molecule has 0 radical (unpaired) electrons. The summed E-state index contributed by atoms with van der Waals surface area (Å²) < 4.78 is 5.38. The van der Waals surface area contributed by atoms with Gasteiger partial charge in [-0.2, -0.15) is 0 Å². The standard InChI is InChI=1S/C16H27N3O3/c1-17-7-3-4-13(17)15(20)18-8-10-19(11-9-18)16(21)14(22-2)12-5-6-12/h12-14H,3-11H2,1-2H3/t13-,14-/m0/s1. The molecule has 3 fully saturated rings. The molecule has 0 spiro atoms. The van der Waals surface area contributed by atoms with E-state index in [-0.39, 0.29) is 24.0 Å². The first-order valence-electron chi connectivity index (χ1n) is 8.42. The second-order valence-electron chi connectivity index (χ2n) is 6.78. The van der Waals surface area contributed by atoms with Gasteiger partial charge in [-0.25, -0.2) is 0 Å². The fourth-order valence-corrected chi connectivity index (χ4v) is 3.65. The van der Waals surface area contributed by atoms with Crippen molar-refractivity contribution >= 4 is 11.8 Å². The molecule has 3 rings (SSSR count). The number of amides is 2. The number of ether oxygens (including phenoxy) is 1. The summed E-state index contributed by atoms with van der Waals surface area (Å²) in [4.78, 5) is 31.0. The van der Waals surface area contributed by atoms with Crippen LogP contribution in [0.4, 0.5) is 0 Å². The Kier molecular flexibility index (Phi) is 4.68. The SMILES string of the molecule is CO[C@H](C(=O)N1CCN(C(=O)[C@@H]2CCCN2C)CC1)C1CC1. The molecule has 0 aromatic heterocycles. The Bertz CT molecular complexity index is 408. The molecule has 0 aromatic rings. The Morgan fingerprint density at radius 1 is 1.00 bits per heavy atom. The Balaban J connectivity index is 1.51. The number of likely N-dealkylation sites (N-methyl/N-ethyl adjacent to an activating group) is 1. The van der Waals surface area contributed by atoms with Crippen molar-refractivity contribution in [2.24, 2.45) is 5.92 Å². The third-order valence-corrected chi connectivity index (χ3v) is 5.26. The number of rotatable bonds is 4. The maximum absolute atomic E-state index is 12.6. The van der Waals surface area contributed by atoms with Gasteiger partial charge in [0.25, 0.3) is 5.91 Å². The molecule has 0 unspecified atom stereocenters. The van der Waals surface area contributed by atoms with Gasteiger partial charge in [-0.05, 0) is 45.2 Å². The molecule has 2 atom stereocenters. The van der Waals surface area contributed by atoms with Gasteiger partial charge in [0.2, 0.25) is 5.91 Å². The monoisotopic (exact) mass is 309 g/mol. The molecule has 2 saturated heterocycles. The van der Waals surface area contributed by atoms with Gasteiger partial charge in [0.05, 0.1) is 6.04 Å². The van der Waals surface area contributed by atoms with Crippen molar-refractivity contribution in [3.8, 4) is 0 Å². The molecule has 6 nitrogen and oxygen atoms in total. The topological polar surface area (TPSA) is 53.1 Å². The van der Waals surface area contributed by atoms with Gasteiger partial charge in [0.15, 0.2) is 0 Å². The van der Waals surface area contributed by atoms with Gasteiger partial charge in [-0.15, -0.1) is 0 Å². The van der Waals surface area contributed by atoms with Crippen LogP contribution in [0.5, 0.6) is 0 Å². The Hall–Kier alpha value is -1.14. The maximum Gasteiger partial charge on any atom is 0.252 e. The fourth-order valence-electron chi connectivity index (χ4n) is 3.65. The smallest absolute Gasteiger partial charge is 0.252 e. The van der Waals surface area contributed by atoms with Gasteiger partial charge in [0, 0.05) is 33.3 Å². The Morgan fingerprint density at radius 3 is 2.14 bits per heavy atom. The van der Waals surface area contributed by atoms with Crippen molar-refractivity contribution in [1.29, 1.82) is 0 Å². The summed E-state index contributed by atoms with van der Waals surface area (Å²) in [6.07, 6.45) is 3.97. The lowest BCUT2D eigenvalue weighted by Gasteiger charge is -2.38. The van der Waals surface area contributed by atoms with Crippen LogP contribution in [-0.2, 0) is 14.3 Å². The number of methoxy groups -OCH3 is 1. The fraction of sp³-hybridized carbons (Fsp3) is 0.875. The molecule has 2 heterocycles. The second-order valence-corrected chi connectivity index (χ2v) is 6.78. The van der Waals surface area contributed by atoms with E-state index in [1.807, 2.05) is 16.8 Å². The number of piperazine rings is 1. The molecular weight excluding hydrogens is 282 g/mol. The third kappa shape index (κ3) is 3.13. The van der Waals surface area contributed by atoms with E-state index in [0.717, 1.165) is 32.2 Å². The summed E-state index contributed by atoms with van der Waals surface area (Å²) in [6.45, 7) is 3.57. The van der Waals surface area contributed by atoms with Crippen LogP contribution < -0.4 is 0 Å². The minimum Gasteiger partial charge on any atom is -0.371 e. The van der Waals surface area contributed by atoms with E-state index in [1.54, 1.807) is 7.11 Å². The molecule has 0 bridgehead atoms. The van der Waals surface area contributed by atoms with Crippen molar-refractivity contribution in [3.63, 3.8) is 0 Å². The highest BCUT2D eigenvalue weighted by atomic mass is 16.5. The molecule has 1 saturated carbocycles. The predicted molar refractivity (Wildman–Crippen MR) is 82.3 cm³/mol. The zero-order chi connectivity index (χ0) is 15.7. The van der Waals surface area contributed by atoms with Crippen molar-refractivity contribution in [2.45, 2.75) is 37.8 Å². The van der Waals surface area contributed by atoms with Crippen molar-refractivity contribution in [1.82, 2.24) is 14.7 Å². The quantitative estimate of drug-likeness (QED) is 0.743. The number of likely N-dealkylation sites (tertiary alicyclic amines) is 1. The molecule has 22 heavy (non-hydrogen) atoms. The van der Waals surface area contributed by atoms with Gasteiger partial charge < -0.3 is 14.5 Å². The summed E-state index contributed by atoms with van der Waals surface area (Å²) >= 11 is 0. The molecule has 124 valence electrons. The lowest BCUT2D eigenvalue weighted by Crippen LogP contribution is -2.56. The summed E-state index contributed by atoms with van der Waals surface area (Å²) in [6, 6.07) is 0.0421. The second kappa shape index (κ2) is 6.54. The largest absolute Gasteiger partial charge is 0.371 e. The number of carbonyl (C=O) groups is 2. The molecule has 3 aliphatic rings. The maximum atomic E-state index is 12.6. The highest BCUT2D eigenvalue weighted by Crippen LogP contribution is 2.35. The van der Waals surface area contributed by atoms with E-state index in [4.69, 9.17) is 4.74 Å². The summed E-state index contributed by atoms with van der Waals surface area (Å²) in [5.41, 5.74) is 0. The first-order chi connectivity index (χ1) is 10.6. The minimum atomic E-state index is -0.275. The number of hydrogen-bond donors (Lipinski definition) is 0. The zero-order valence-corrected chi connectivity index (χ0v) is 13.7. The van der Waals surface area contributed by atoms with E-state index < -0.39 is 0 Å². The van der Waals surface area contributed by atoms with Gasteiger partial charge >= 0.3 is 0 Å². The summed E-state index contributed by atoms with van der Waals surface area (Å²) in [5, 5.41) is 0. The lowest BCUT2D eigenvalue weighted by atomic mass is 10.1. The van der Waals surface area contributed by atoms with Crippen LogP contribution in [0.2, 0.25) is 0 Å². The molecular formula is C16H27N3O3. The predicted octanol–water partition coefficient (Wildman–Crippen LogP) is 0.176. The minimum absolute atomic E-state index is 0.0421. The summed E-state index contributed by atoms with van der Waals surface area (Å²) in [7, 11) is 3.64. The number of nitrogens with zero attached hydrogens (tertiary/aromatic N) is 3. The highest BCUT2D eigenvalue weighted by molar-refractivity contribution is 5.84. The van der Waals surface area contributed by atoms with E-state index in [9.17, 15) is 9.59 Å². The van der Waals surface area contributed by atoms with Crippen molar-refractivity contribution < 1.29 is 14.3 Å². The van der Waals surface area contributed by atoms with Crippen LogP contribution in [0.25, 0.3) is 0 Å². The third-order valence-electron chi connectivity index (χ3n) is 5.26. The zero-order valence-electron chi connectivity index (χ0n) is 13.7. The first kappa shape index (κ1) is 15.7. The molecule has 1 aliphatic carbocycles. The number of hydrogen-bond acceptors (Lipinski definition) is 4. The highest BCUT2D eigenvalue weighted by Gasteiger charge is 2.40. The van der Waals surface area contributed by atoms with Crippen LogP contribution in [0.1, 0.15) is 25.7 Å². The van der Waals surface area contributed by atoms with E-state index in [2.05, 4.69) is 4.90 Å². The van der Waals surface area contributed by atoms with Crippen LogP contribution in [0.3, 0.4) is 0 Å². The first-order valence-corrected chi connectivity index (χ1v) is 8.42. The van der Waals surface area contributed by atoms with Crippen LogP contribution >= 0.6 is 0 Å². The average Bonchev–Trinajstić information content (AvgIpc) is 3.28. The van der Waals surface area contributed by atoms with Gasteiger partial charge in [-0.1, -0.05) is 0 Å². The van der Waals surface area contributed by atoms with E-state index in [1.165, 1.54) is 0 Å². The lowest BCUT2D eigenvalue weighted by molar-refractivity contribution is -0.148. The Labute approximate surface area is 132 Å². The van der Waals surface area contributed by atoms with Gasteiger partial charge in [-0.3, -0.25) is 14.5 Å². The van der Waals surface area contributed by atoms with Crippen molar-refractivity contribution in [3.05, 3.63) is 0 Å². The van der Waals surface area contributed by atoms with Crippen LogP contribution in [0, 0.1) is 5.92 Å². The van der Waals surface area contributed by atoms with Crippen LogP contribution in [0.15, 0.2) is 0 Å². The van der Waals surface area contributed by atoms with E-state index in [0.29, 0.717) is 32.1 Å². The average molecular weight is 309 g/mol. The molecule has 2 amide bonds. The molecule has 0 aromatic carbocycles. The molecule has 6 heteroatoms. The normalized spacial score (nSPS) is 28.0. The summed E-state index contributed by atoms with van der Waals surface area (Å²) in [5.74, 6) is 0.747. The van der Waals surface area contributed by atoms with Crippen molar-refractivity contribution in [2.75, 3.05) is 46.9 Å². The Morgan fingerprint density at radius 2 is 1.64 bits per heavy atom. The van der Waals surface area contributed by atoms with Gasteiger partial charge in [0.1, 0.15) is 6.10 Å².